The van der Waals surface area contributed by atoms with Crippen LogP contribution in [0.3, 0.4) is 0 Å². The van der Waals surface area contributed by atoms with E-state index in [1.54, 1.807) is 0 Å². The molecule has 0 aromatic carbocycles. The van der Waals surface area contributed by atoms with Crippen molar-refractivity contribution in [2.75, 3.05) is 24.5 Å². The number of nitrogens with one attached hydrogen (secondary N) is 1. The molecule has 1 amide bonds. The van der Waals surface area contributed by atoms with E-state index in [-0.39, 0.29) is 11.3 Å². The van der Waals surface area contributed by atoms with E-state index in [2.05, 4.69) is 10.3 Å². The molecule has 21 heavy (non-hydrogen) atoms. The molecule has 2 fully saturated rings. The van der Waals surface area contributed by atoms with E-state index in [9.17, 15) is 18.0 Å². The molecule has 1 aromatic rings. The van der Waals surface area contributed by atoms with Gasteiger partial charge in [-0.05, 0) is 43.5 Å². The van der Waals surface area contributed by atoms with Gasteiger partial charge in [0.25, 0.3) is 0 Å². The van der Waals surface area contributed by atoms with Crippen LogP contribution in [-0.4, -0.2) is 30.5 Å². The van der Waals surface area contributed by atoms with Crippen LogP contribution in [0, 0.1) is 5.41 Å². The maximum atomic E-state index is 12.5. The second-order valence-corrected chi connectivity index (χ2v) is 5.81. The topological polar surface area (TPSA) is 45.2 Å². The normalized spacial score (nSPS) is 22.0. The lowest BCUT2D eigenvalue weighted by Crippen LogP contribution is -2.38. The third-order valence-corrected chi connectivity index (χ3v) is 4.34. The zero-order valence-corrected chi connectivity index (χ0v) is 11.4. The minimum Gasteiger partial charge on any atom is -0.317 e. The molecule has 114 valence electrons. The van der Waals surface area contributed by atoms with Crippen LogP contribution in [0.4, 0.5) is 19.0 Å². The Morgan fingerprint density at radius 3 is 2.52 bits per heavy atom. The first-order valence-electron chi connectivity index (χ1n) is 6.94. The molecule has 0 atom stereocenters. The van der Waals surface area contributed by atoms with Gasteiger partial charge in [-0.1, -0.05) is 0 Å². The Labute approximate surface area is 120 Å². The molecule has 1 aromatic heterocycles. The summed E-state index contributed by atoms with van der Waals surface area (Å²) in [7, 11) is 0. The molecule has 3 rings (SSSR count). The zero-order valence-electron chi connectivity index (χ0n) is 11.4. The van der Waals surface area contributed by atoms with Crippen molar-refractivity contribution < 1.29 is 18.0 Å². The van der Waals surface area contributed by atoms with Crippen molar-refractivity contribution in [3.05, 3.63) is 23.9 Å². The van der Waals surface area contributed by atoms with E-state index < -0.39 is 11.7 Å². The lowest BCUT2D eigenvalue weighted by atomic mass is 9.78. The second-order valence-electron chi connectivity index (χ2n) is 5.81. The van der Waals surface area contributed by atoms with Gasteiger partial charge in [0, 0.05) is 19.2 Å². The minimum atomic E-state index is -4.41. The Morgan fingerprint density at radius 2 is 1.95 bits per heavy atom. The smallest absolute Gasteiger partial charge is 0.317 e. The molecule has 4 nitrogen and oxygen atoms in total. The van der Waals surface area contributed by atoms with E-state index in [4.69, 9.17) is 0 Å². The van der Waals surface area contributed by atoms with Crippen LogP contribution in [0.1, 0.15) is 24.8 Å². The Kier molecular flexibility index (Phi) is 3.39. The van der Waals surface area contributed by atoms with Crippen LogP contribution in [-0.2, 0) is 11.0 Å². The van der Waals surface area contributed by atoms with Gasteiger partial charge in [0.15, 0.2) is 0 Å². The van der Waals surface area contributed by atoms with Gasteiger partial charge < -0.3 is 5.32 Å². The summed E-state index contributed by atoms with van der Waals surface area (Å²) in [6, 6.07) is 2.25. The van der Waals surface area contributed by atoms with Crippen LogP contribution in [0.25, 0.3) is 0 Å². The first-order chi connectivity index (χ1) is 9.90. The predicted octanol–water partition coefficient (Wildman–Crippen LogP) is 2.21. The third kappa shape index (κ3) is 2.74. The summed E-state index contributed by atoms with van der Waals surface area (Å²) in [5.74, 6) is 0.257. The largest absolute Gasteiger partial charge is 0.417 e. The first-order valence-corrected chi connectivity index (χ1v) is 6.94. The standard InChI is InChI=1S/C14H16F3N3O/c15-14(16,17)10-1-2-11(19-8-10)20-9-13(7-12(20)21)3-5-18-6-4-13/h1-2,8,18H,3-7,9H2. The molecule has 0 unspecified atom stereocenters. The van der Waals surface area contributed by atoms with Gasteiger partial charge in [0.1, 0.15) is 5.82 Å². The molecule has 1 spiro atoms. The van der Waals surface area contributed by atoms with Crippen molar-refractivity contribution in [2.24, 2.45) is 5.41 Å². The van der Waals surface area contributed by atoms with Crippen molar-refractivity contribution in [1.29, 1.82) is 0 Å². The van der Waals surface area contributed by atoms with Crippen molar-refractivity contribution in [3.63, 3.8) is 0 Å². The Hall–Kier alpha value is -1.63. The molecule has 3 heterocycles. The van der Waals surface area contributed by atoms with Gasteiger partial charge in [-0.25, -0.2) is 4.98 Å². The van der Waals surface area contributed by atoms with E-state index in [1.165, 1.54) is 11.0 Å². The summed E-state index contributed by atoms with van der Waals surface area (Å²) in [4.78, 5) is 17.5. The number of alkyl halides is 3. The molecule has 0 saturated carbocycles. The van der Waals surface area contributed by atoms with E-state index in [0.29, 0.717) is 18.8 Å². The van der Waals surface area contributed by atoms with Crippen LogP contribution in [0.5, 0.6) is 0 Å². The van der Waals surface area contributed by atoms with Crippen molar-refractivity contribution in [2.45, 2.75) is 25.4 Å². The Bertz CT molecular complexity index is 535. The molecule has 0 bridgehead atoms. The molecule has 0 aliphatic carbocycles. The number of amides is 1. The van der Waals surface area contributed by atoms with Crippen LogP contribution in [0.15, 0.2) is 18.3 Å². The van der Waals surface area contributed by atoms with E-state index in [1.807, 2.05) is 0 Å². The quantitative estimate of drug-likeness (QED) is 0.865. The average molecular weight is 299 g/mol. The molecule has 7 heteroatoms. The summed E-state index contributed by atoms with van der Waals surface area (Å²) in [6.07, 6.45) is -1.34. The van der Waals surface area contributed by atoms with Crippen LogP contribution in [0.2, 0.25) is 0 Å². The highest BCUT2D eigenvalue weighted by atomic mass is 19.4. The molecular weight excluding hydrogens is 283 g/mol. The van der Waals surface area contributed by atoms with E-state index >= 15 is 0 Å². The number of nitrogens with zero attached hydrogens (tertiary/aromatic N) is 2. The number of carbonyl (C=O) groups is 1. The maximum absolute atomic E-state index is 12.5. The monoisotopic (exact) mass is 299 g/mol. The fourth-order valence-corrected chi connectivity index (χ4v) is 3.11. The summed E-state index contributed by atoms with van der Waals surface area (Å²) >= 11 is 0. The SMILES string of the molecule is O=C1CC2(CCNCC2)CN1c1ccc(C(F)(F)F)cn1. The number of hydrogen-bond donors (Lipinski definition) is 1. The lowest BCUT2D eigenvalue weighted by Gasteiger charge is -2.32. The van der Waals surface area contributed by atoms with E-state index in [0.717, 1.165) is 38.2 Å². The van der Waals surface area contributed by atoms with Crippen LogP contribution >= 0.6 is 0 Å². The first kappa shape index (κ1) is 14.3. The van der Waals surface area contributed by atoms with Crippen molar-refractivity contribution in [3.8, 4) is 0 Å². The van der Waals surface area contributed by atoms with Gasteiger partial charge in [0.05, 0.1) is 5.56 Å². The zero-order chi connectivity index (χ0) is 15.1. The molecule has 1 N–H and O–H groups in total. The van der Waals surface area contributed by atoms with Crippen LogP contribution < -0.4 is 10.2 Å². The second kappa shape index (κ2) is 4.98. The average Bonchev–Trinajstić information content (AvgIpc) is 2.75. The predicted molar refractivity (Wildman–Crippen MR) is 70.7 cm³/mol. The molecule has 2 aliphatic rings. The maximum Gasteiger partial charge on any atom is 0.417 e. The summed E-state index contributed by atoms with van der Waals surface area (Å²) in [5.41, 5.74) is -0.846. The number of rotatable bonds is 1. The number of hydrogen-bond acceptors (Lipinski definition) is 3. The summed E-state index contributed by atoms with van der Waals surface area (Å²) in [5, 5.41) is 3.26. The highest BCUT2D eigenvalue weighted by Gasteiger charge is 2.44. The molecule has 2 aliphatic heterocycles. The summed E-state index contributed by atoms with van der Waals surface area (Å²) < 4.78 is 37.6. The minimum absolute atomic E-state index is 0.0489. The molecular formula is C14H16F3N3O. The number of carbonyl (C=O) groups excluding carboxylic acids is 1. The van der Waals surface area contributed by atoms with Gasteiger partial charge >= 0.3 is 6.18 Å². The number of anilines is 1. The molecule has 0 radical (unpaired) electrons. The van der Waals surface area contributed by atoms with Gasteiger partial charge in [-0.3, -0.25) is 9.69 Å². The highest BCUT2D eigenvalue weighted by molar-refractivity contribution is 5.95. The number of halogens is 3. The van der Waals surface area contributed by atoms with Gasteiger partial charge in [0.2, 0.25) is 5.91 Å². The number of pyridine rings is 1. The fourth-order valence-electron chi connectivity index (χ4n) is 3.11. The number of aromatic nitrogens is 1. The van der Waals surface area contributed by atoms with Crippen molar-refractivity contribution in [1.82, 2.24) is 10.3 Å². The third-order valence-electron chi connectivity index (χ3n) is 4.34. The fraction of sp³-hybridized carbons (Fsp3) is 0.571. The Balaban J connectivity index is 1.79. The molecule has 2 saturated heterocycles. The van der Waals surface area contributed by atoms with Crippen molar-refractivity contribution >= 4 is 11.7 Å². The van der Waals surface area contributed by atoms with Gasteiger partial charge in [-0.2, -0.15) is 13.2 Å². The number of piperidine rings is 1. The van der Waals surface area contributed by atoms with Gasteiger partial charge in [-0.15, -0.1) is 0 Å². The Morgan fingerprint density at radius 1 is 1.24 bits per heavy atom. The highest BCUT2D eigenvalue weighted by Crippen LogP contribution is 2.41. The summed E-state index contributed by atoms with van der Waals surface area (Å²) in [6.45, 7) is 2.30. The lowest BCUT2D eigenvalue weighted by molar-refractivity contribution is -0.137.